The number of carbonyl (C=O) groups excluding carboxylic acids is 1. The van der Waals surface area contributed by atoms with Gasteiger partial charge in [0.15, 0.2) is 0 Å². The van der Waals surface area contributed by atoms with Gasteiger partial charge in [-0.1, -0.05) is 23.7 Å². The van der Waals surface area contributed by atoms with Gasteiger partial charge in [-0.3, -0.25) is 4.79 Å². The van der Waals surface area contributed by atoms with Crippen LogP contribution in [0.2, 0.25) is 5.02 Å². The molecule has 10 heteroatoms. The molecule has 0 saturated carbocycles. The normalized spacial score (nSPS) is 12.7. The Hall–Kier alpha value is -2.75. The molecular formula is C19H20ClN5O3S. The molecule has 3 aromatic rings. The first-order chi connectivity index (χ1) is 13.7. The minimum Gasteiger partial charge on any atom is -0.345 e. The molecule has 0 aliphatic carbocycles. The highest BCUT2D eigenvalue weighted by atomic mass is 35.5. The van der Waals surface area contributed by atoms with Crippen molar-refractivity contribution in [2.75, 3.05) is 14.1 Å². The van der Waals surface area contributed by atoms with Gasteiger partial charge in [-0.15, -0.1) is 0 Å². The number of hydrogen-bond donors (Lipinski definition) is 1. The van der Waals surface area contributed by atoms with Crippen molar-refractivity contribution in [3.05, 3.63) is 71.3 Å². The second-order valence-corrected chi connectivity index (χ2v) is 9.11. The van der Waals surface area contributed by atoms with Crippen molar-refractivity contribution in [1.82, 2.24) is 24.4 Å². The van der Waals surface area contributed by atoms with E-state index in [4.69, 9.17) is 11.6 Å². The van der Waals surface area contributed by atoms with Crippen LogP contribution in [0.3, 0.4) is 0 Å². The first kappa shape index (κ1) is 21.0. The standard InChI is InChI=1S/C19H20ClN5O3S/c1-13(14-4-6-15(7-5-14)25-12-21-11-22-25)23-19(26)17-10-16(8-9-18(17)20)29(27,28)24(2)3/h4-13H,1-3H3,(H,23,26)/t13-/m1/s1. The molecule has 0 aliphatic heterocycles. The maximum atomic E-state index is 12.7. The number of sulfonamides is 1. The number of nitrogens with one attached hydrogen (secondary N) is 1. The Kier molecular flexibility index (Phi) is 6.02. The first-order valence-electron chi connectivity index (χ1n) is 8.68. The molecule has 0 bridgehead atoms. The van der Waals surface area contributed by atoms with E-state index in [-0.39, 0.29) is 21.5 Å². The van der Waals surface area contributed by atoms with Gasteiger partial charge in [-0.25, -0.2) is 22.4 Å². The average Bonchev–Trinajstić information content (AvgIpc) is 3.22. The van der Waals surface area contributed by atoms with E-state index in [1.807, 2.05) is 31.2 Å². The van der Waals surface area contributed by atoms with Gasteiger partial charge < -0.3 is 5.32 Å². The number of halogens is 1. The van der Waals surface area contributed by atoms with Crippen LogP contribution < -0.4 is 5.32 Å². The minimum atomic E-state index is -3.68. The highest BCUT2D eigenvalue weighted by Gasteiger charge is 2.21. The molecule has 1 atom stereocenters. The maximum Gasteiger partial charge on any atom is 0.253 e. The molecule has 1 amide bonds. The first-order valence-corrected chi connectivity index (χ1v) is 10.5. The molecule has 29 heavy (non-hydrogen) atoms. The SMILES string of the molecule is C[C@@H](NC(=O)c1cc(S(=O)(=O)N(C)C)ccc1Cl)c1ccc(-n2cncn2)cc1. The fourth-order valence-electron chi connectivity index (χ4n) is 2.66. The molecule has 0 saturated heterocycles. The summed E-state index contributed by atoms with van der Waals surface area (Å²) in [5, 5.41) is 7.09. The lowest BCUT2D eigenvalue weighted by atomic mass is 10.1. The van der Waals surface area contributed by atoms with Crippen LogP contribution in [0.4, 0.5) is 0 Å². The highest BCUT2D eigenvalue weighted by Crippen LogP contribution is 2.23. The van der Waals surface area contributed by atoms with Gasteiger partial charge in [0.05, 0.1) is 27.2 Å². The predicted molar refractivity (Wildman–Crippen MR) is 110 cm³/mol. The van der Waals surface area contributed by atoms with Crippen LogP contribution >= 0.6 is 11.6 Å². The topological polar surface area (TPSA) is 97.2 Å². The molecular weight excluding hydrogens is 414 g/mol. The summed E-state index contributed by atoms with van der Waals surface area (Å²) in [6.45, 7) is 1.83. The van der Waals surface area contributed by atoms with Crippen LogP contribution in [0.1, 0.15) is 28.9 Å². The van der Waals surface area contributed by atoms with Crippen LogP contribution in [0.5, 0.6) is 0 Å². The fraction of sp³-hybridized carbons (Fsp3) is 0.211. The Balaban J connectivity index is 1.79. The molecule has 0 radical (unpaired) electrons. The summed E-state index contributed by atoms with van der Waals surface area (Å²) in [6.07, 6.45) is 3.04. The van der Waals surface area contributed by atoms with Crippen LogP contribution in [0.25, 0.3) is 5.69 Å². The zero-order valence-electron chi connectivity index (χ0n) is 16.1. The van der Waals surface area contributed by atoms with E-state index in [9.17, 15) is 13.2 Å². The van der Waals surface area contributed by atoms with Crippen molar-refractivity contribution in [3.63, 3.8) is 0 Å². The Morgan fingerprint density at radius 3 is 2.45 bits per heavy atom. The van der Waals surface area contributed by atoms with E-state index in [0.717, 1.165) is 15.6 Å². The summed E-state index contributed by atoms with van der Waals surface area (Å²) in [5.74, 6) is -0.460. The third-order valence-electron chi connectivity index (χ3n) is 4.39. The Bertz CT molecular complexity index is 1110. The summed E-state index contributed by atoms with van der Waals surface area (Å²) < 4.78 is 27.4. The third kappa shape index (κ3) is 4.47. The van der Waals surface area contributed by atoms with Gasteiger partial charge in [0.1, 0.15) is 12.7 Å². The van der Waals surface area contributed by atoms with Gasteiger partial charge in [-0.05, 0) is 42.8 Å². The lowest BCUT2D eigenvalue weighted by Crippen LogP contribution is -2.28. The second kappa shape index (κ2) is 8.32. The fourth-order valence-corrected chi connectivity index (χ4v) is 3.80. The van der Waals surface area contributed by atoms with Gasteiger partial charge in [-0.2, -0.15) is 5.10 Å². The van der Waals surface area contributed by atoms with E-state index in [0.29, 0.717) is 0 Å². The molecule has 1 heterocycles. The van der Waals surface area contributed by atoms with Crippen molar-refractivity contribution < 1.29 is 13.2 Å². The Labute approximate surface area is 174 Å². The largest absolute Gasteiger partial charge is 0.345 e. The summed E-state index contributed by atoms with van der Waals surface area (Å²) in [6, 6.07) is 11.2. The molecule has 0 fully saturated rings. The van der Waals surface area contributed by atoms with Crippen LogP contribution in [0, 0.1) is 0 Å². The van der Waals surface area contributed by atoms with Crippen molar-refractivity contribution in [2.24, 2.45) is 0 Å². The van der Waals surface area contributed by atoms with Crippen molar-refractivity contribution in [3.8, 4) is 5.69 Å². The number of carbonyl (C=O) groups is 1. The third-order valence-corrected chi connectivity index (χ3v) is 6.53. The van der Waals surface area contributed by atoms with Gasteiger partial charge in [0, 0.05) is 14.1 Å². The zero-order chi connectivity index (χ0) is 21.2. The van der Waals surface area contributed by atoms with Gasteiger partial charge in [0.2, 0.25) is 10.0 Å². The van der Waals surface area contributed by atoms with E-state index < -0.39 is 15.9 Å². The van der Waals surface area contributed by atoms with Crippen molar-refractivity contribution in [1.29, 1.82) is 0 Å². The van der Waals surface area contributed by atoms with E-state index >= 15 is 0 Å². The molecule has 0 unspecified atom stereocenters. The van der Waals surface area contributed by atoms with Crippen molar-refractivity contribution >= 4 is 27.5 Å². The van der Waals surface area contributed by atoms with Gasteiger partial charge >= 0.3 is 0 Å². The monoisotopic (exact) mass is 433 g/mol. The molecule has 1 aromatic heterocycles. The van der Waals surface area contributed by atoms with E-state index in [2.05, 4.69) is 15.4 Å². The summed E-state index contributed by atoms with van der Waals surface area (Å²) >= 11 is 6.14. The number of nitrogens with zero attached hydrogens (tertiary/aromatic N) is 4. The second-order valence-electron chi connectivity index (χ2n) is 6.56. The van der Waals surface area contributed by atoms with E-state index in [1.165, 1.54) is 38.6 Å². The van der Waals surface area contributed by atoms with Crippen LogP contribution in [-0.4, -0.2) is 47.5 Å². The van der Waals surface area contributed by atoms with E-state index in [1.54, 1.807) is 11.0 Å². The maximum absolute atomic E-state index is 12.7. The Morgan fingerprint density at radius 1 is 1.17 bits per heavy atom. The molecule has 0 aliphatic rings. The minimum absolute atomic E-state index is 0.00175. The number of benzene rings is 2. The molecule has 8 nitrogen and oxygen atoms in total. The number of aromatic nitrogens is 3. The molecule has 2 aromatic carbocycles. The molecule has 3 rings (SSSR count). The smallest absolute Gasteiger partial charge is 0.253 e. The number of rotatable bonds is 6. The summed E-state index contributed by atoms with van der Waals surface area (Å²) in [5.41, 5.74) is 1.81. The Morgan fingerprint density at radius 2 is 1.86 bits per heavy atom. The lowest BCUT2D eigenvalue weighted by Gasteiger charge is -2.17. The number of hydrogen-bond acceptors (Lipinski definition) is 5. The van der Waals surface area contributed by atoms with Crippen molar-refractivity contribution in [2.45, 2.75) is 17.9 Å². The van der Waals surface area contributed by atoms with Crippen LogP contribution in [-0.2, 0) is 10.0 Å². The lowest BCUT2D eigenvalue weighted by molar-refractivity contribution is 0.0940. The molecule has 0 spiro atoms. The zero-order valence-corrected chi connectivity index (χ0v) is 17.6. The predicted octanol–water partition coefficient (Wildman–Crippen LogP) is 2.66. The summed E-state index contributed by atoms with van der Waals surface area (Å²) in [4.78, 5) is 16.6. The molecule has 152 valence electrons. The highest BCUT2D eigenvalue weighted by molar-refractivity contribution is 7.89. The van der Waals surface area contributed by atoms with Crippen LogP contribution in [0.15, 0.2) is 60.0 Å². The van der Waals surface area contributed by atoms with Gasteiger partial charge in [0.25, 0.3) is 5.91 Å². The summed E-state index contributed by atoms with van der Waals surface area (Å²) in [7, 11) is -0.825. The number of amides is 1. The molecule has 1 N–H and O–H groups in total. The average molecular weight is 434 g/mol. The quantitative estimate of drug-likeness (QED) is 0.644.